The molecule has 1 aromatic rings. The molecule has 0 aromatic heterocycles. The molecule has 1 aliphatic carbocycles. The van der Waals surface area contributed by atoms with E-state index in [1.807, 2.05) is 32.9 Å². The highest BCUT2D eigenvalue weighted by Crippen LogP contribution is 2.41. The molecular weight excluding hydrogens is 294 g/mol. The first-order chi connectivity index (χ1) is 8.35. The summed E-state index contributed by atoms with van der Waals surface area (Å²) in [5.74, 6) is 0.412. The van der Waals surface area contributed by atoms with E-state index in [-0.39, 0.29) is 12.1 Å². The number of nitrogens with one attached hydrogen (secondary N) is 1. The van der Waals surface area contributed by atoms with Crippen LogP contribution in [0.25, 0.3) is 0 Å². The highest BCUT2D eigenvalue weighted by atomic mass is 79.9. The van der Waals surface area contributed by atoms with E-state index < -0.39 is 5.60 Å². The molecule has 18 heavy (non-hydrogen) atoms. The van der Waals surface area contributed by atoms with E-state index in [4.69, 9.17) is 4.74 Å². The van der Waals surface area contributed by atoms with Crippen LogP contribution in [-0.2, 0) is 4.74 Å². The topological polar surface area (TPSA) is 38.3 Å². The first kappa shape index (κ1) is 13.4. The van der Waals surface area contributed by atoms with Crippen molar-refractivity contribution >= 4 is 22.0 Å². The number of rotatable bonds is 2. The SMILES string of the molecule is CC(C)(C)OC(=O)N[C@H]1C[C@@H]1c1cccc(Br)c1. The van der Waals surface area contributed by atoms with Crippen LogP contribution in [0.1, 0.15) is 38.7 Å². The van der Waals surface area contributed by atoms with Gasteiger partial charge in [-0.3, -0.25) is 0 Å². The van der Waals surface area contributed by atoms with Gasteiger partial charge >= 0.3 is 6.09 Å². The first-order valence-corrected chi connectivity index (χ1v) is 6.89. The quantitative estimate of drug-likeness (QED) is 0.901. The van der Waals surface area contributed by atoms with E-state index in [2.05, 4.69) is 33.4 Å². The molecule has 0 radical (unpaired) electrons. The molecule has 0 saturated heterocycles. The molecule has 3 nitrogen and oxygen atoms in total. The summed E-state index contributed by atoms with van der Waals surface area (Å²) in [7, 11) is 0. The van der Waals surface area contributed by atoms with Gasteiger partial charge in [0.1, 0.15) is 5.60 Å². The minimum Gasteiger partial charge on any atom is -0.444 e. The molecule has 0 unspecified atom stereocenters. The Bertz CT molecular complexity index is 453. The molecule has 2 atom stereocenters. The van der Waals surface area contributed by atoms with E-state index in [1.54, 1.807) is 0 Å². The van der Waals surface area contributed by atoms with Crippen molar-refractivity contribution in [3.05, 3.63) is 34.3 Å². The molecule has 1 amide bonds. The summed E-state index contributed by atoms with van der Waals surface area (Å²) in [6, 6.07) is 8.41. The van der Waals surface area contributed by atoms with Crippen molar-refractivity contribution < 1.29 is 9.53 Å². The zero-order valence-electron chi connectivity index (χ0n) is 10.9. The Hall–Kier alpha value is -1.03. The Labute approximate surface area is 116 Å². The molecule has 1 fully saturated rings. The number of carbonyl (C=O) groups excluding carboxylic acids is 1. The second-order valence-corrected chi connectivity index (χ2v) is 6.57. The van der Waals surface area contributed by atoms with E-state index in [1.165, 1.54) is 5.56 Å². The monoisotopic (exact) mass is 311 g/mol. The number of carbonyl (C=O) groups is 1. The molecule has 1 N–H and O–H groups in total. The normalized spacial score (nSPS) is 22.4. The van der Waals surface area contributed by atoms with Crippen LogP contribution >= 0.6 is 15.9 Å². The van der Waals surface area contributed by atoms with Gasteiger partial charge in [-0.05, 0) is 44.9 Å². The van der Waals surface area contributed by atoms with Crippen molar-refractivity contribution in [3.8, 4) is 0 Å². The molecule has 1 aromatic carbocycles. The van der Waals surface area contributed by atoms with Crippen LogP contribution in [0.3, 0.4) is 0 Å². The zero-order chi connectivity index (χ0) is 13.3. The summed E-state index contributed by atoms with van der Waals surface area (Å²) in [6.07, 6.45) is 0.653. The largest absolute Gasteiger partial charge is 0.444 e. The van der Waals surface area contributed by atoms with Crippen LogP contribution in [0.2, 0.25) is 0 Å². The fraction of sp³-hybridized carbons (Fsp3) is 0.500. The smallest absolute Gasteiger partial charge is 0.407 e. The van der Waals surface area contributed by atoms with Crippen LogP contribution in [0.4, 0.5) is 4.79 Å². The number of hydrogen-bond donors (Lipinski definition) is 1. The number of alkyl carbamates (subject to hydrolysis) is 1. The number of ether oxygens (including phenoxy) is 1. The van der Waals surface area contributed by atoms with Crippen molar-refractivity contribution in [2.45, 2.75) is 44.8 Å². The Balaban J connectivity index is 1.87. The Kier molecular flexibility index (Phi) is 3.66. The predicted octanol–water partition coefficient (Wildman–Crippen LogP) is 3.83. The standard InChI is InChI=1S/C14H18BrNO2/c1-14(2,3)18-13(17)16-12-8-11(12)9-5-4-6-10(15)7-9/h4-7,11-12H,8H2,1-3H3,(H,16,17)/t11-,12+/m1/s1. The van der Waals surface area contributed by atoms with Gasteiger partial charge in [0.2, 0.25) is 0 Å². The number of halogens is 1. The van der Waals surface area contributed by atoms with Crippen LogP contribution in [0.5, 0.6) is 0 Å². The fourth-order valence-electron chi connectivity index (χ4n) is 1.92. The van der Waals surface area contributed by atoms with Crippen molar-refractivity contribution in [3.63, 3.8) is 0 Å². The summed E-state index contributed by atoms with van der Waals surface area (Å²) < 4.78 is 6.31. The number of benzene rings is 1. The van der Waals surface area contributed by atoms with Crippen molar-refractivity contribution in [1.29, 1.82) is 0 Å². The maximum Gasteiger partial charge on any atom is 0.407 e. The number of amides is 1. The highest BCUT2D eigenvalue weighted by Gasteiger charge is 2.40. The lowest BCUT2D eigenvalue weighted by atomic mass is 10.1. The van der Waals surface area contributed by atoms with Gasteiger partial charge in [0, 0.05) is 16.4 Å². The van der Waals surface area contributed by atoms with Gasteiger partial charge in [-0.25, -0.2) is 4.79 Å². The summed E-state index contributed by atoms with van der Waals surface area (Å²) in [5, 5.41) is 2.90. The van der Waals surface area contributed by atoms with Gasteiger partial charge in [0.15, 0.2) is 0 Å². The van der Waals surface area contributed by atoms with E-state index >= 15 is 0 Å². The van der Waals surface area contributed by atoms with E-state index in [9.17, 15) is 4.79 Å². The molecule has 1 saturated carbocycles. The molecule has 98 valence electrons. The van der Waals surface area contributed by atoms with Gasteiger partial charge < -0.3 is 10.1 Å². The third-order valence-electron chi connectivity index (χ3n) is 2.77. The van der Waals surface area contributed by atoms with Crippen LogP contribution in [-0.4, -0.2) is 17.7 Å². The summed E-state index contributed by atoms with van der Waals surface area (Å²) in [4.78, 5) is 11.6. The van der Waals surface area contributed by atoms with Gasteiger partial charge in [0.05, 0.1) is 0 Å². The molecule has 1 aliphatic rings. The summed E-state index contributed by atoms with van der Waals surface area (Å²) >= 11 is 3.46. The maximum atomic E-state index is 11.6. The van der Waals surface area contributed by atoms with Crippen molar-refractivity contribution in [2.24, 2.45) is 0 Å². The predicted molar refractivity (Wildman–Crippen MR) is 74.7 cm³/mol. The second kappa shape index (κ2) is 4.92. The molecule has 4 heteroatoms. The molecule has 0 heterocycles. The maximum absolute atomic E-state index is 11.6. The van der Waals surface area contributed by atoms with Gasteiger partial charge in [0.25, 0.3) is 0 Å². The van der Waals surface area contributed by atoms with Crippen molar-refractivity contribution in [2.75, 3.05) is 0 Å². The fourth-order valence-corrected chi connectivity index (χ4v) is 2.34. The van der Waals surface area contributed by atoms with Crippen LogP contribution in [0.15, 0.2) is 28.7 Å². The Morgan fingerprint density at radius 1 is 1.44 bits per heavy atom. The van der Waals surface area contributed by atoms with Crippen LogP contribution < -0.4 is 5.32 Å². The first-order valence-electron chi connectivity index (χ1n) is 6.10. The zero-order valence-corrected chi connectivity index (χ0v) is 12.5. The van der Waals surface area contributed by atoms with Gasteiger partial charge in [-0.1, -0.05) is 28.1 Å². The average molecular weight is 312 g/mol. The Morgan fingerprint density at radius 2 is 2.17 bits per heavy atom. The minimum absolute atomic E-state index is 0.203. The molecule has 0 bridgehead atoms. The van der Waals surface area contributed by atoms with Crippen molar-refractivity contribution in [1.82, 2.24) is 5.32 Å². The summed E-state index contributed by atoms with van der Waals surface area (Å²) in [5.41, 5.74) is 0.815. The highest BCUT2D eigenvalue weighted by molar-refractivity contribution is 9.10. The molecule has 0 aliphatic heterocycles. The molecule has 0 spiro atoms. The van der Waals surface area contributed by atoms with Gasteiger partial charge in [-0.15, -0.1) is 0 Å². The van der Waals surface area contributed by atoms with Crippen LogP contribution in [0, 0.1) is 0 Å². The summed E-state index contributed by atoms with van der Waals surface area (Å²) in [6.45, 7) is 5.60. The average Bonchev–Trinajstić information content (AvgIpc) is 2.93. The number of hydrogen-bond acceptors (Lipinski definition) is 2. The van der Waals surface area contributed by atoms with Gasteiger partial charge in [-0.2, -0.15) is 0 Å². The lowest BCUT2D eigenvalue weighted by Crippen LogP contribution is -2.34. The van der Waals surface area contributed by atoms with E-state index in [0.717, 1.165) is 10.9 Å². The molecule has 2 rings (SSSR count). The van der Waals surface area contributed by atoms with E-state index in [0.29, 0.717) is 5.92 Å². The lowest BCUT2D eigenvalue weighted by Gasteiger charge is -2.19. The molecular formula is C14H18BrNO2. The Morgan fingerprint density at radius 3 is 2.78 bits per heavy atom. The lowest BCUT2D eigenvalue weighted by molar-refractivity contribution is 0.0523. The third kappa shape index (κ3) is 3.73. The third-order valence-corrected chi connectivity index (χ3v) is 3.26. The minimum atomic E-state index is -0.440. The second-order valence-electron chi connectivity index (χ2n) is 5.65.